The van der Waals surface area contributed by atoms with Crippen molar-refractivity contribution in [2.24, 2.45) is 5.73 Å². The Morgan fingerprint density at radius 2 is 1.81 bits per heavy atom. The number of anilines is 1. The van der Waals surface area contributed by atoms with Crippen molar-refractivity contribution in [2.75, 3.05) is 37.7 Å². The van der Waals surface area contributed by atoms with Crippen molar-refractivity contribution < 1.29 is 62.0 Å². The Morgan fingerprint density at radius 3 is 2.40 bits per heavy atom. The van der Waals surface area contributed by atoms with E-state index in [0.717, 1.165) is 23.1 Å². The van der Waals surface area contributed by atoms with Gasteiger partial charge in [0.2, 0.25) is 0 Å². The molecule has 0 bridgehead atoms. The summed E-state index contributed by atoms with van der Waals surface area (Å²) in [6.07, 6.45) is -0.320. The molecule has 0 spiro atoms. The summed E-state index contributed by atoms with van der Waals surface area (Å²) in [5, 5.41) is 10.4. The highest BCUT2D eigenvalue weighted by molar-refractivity contribution is 7.59. The van der Waals surface area contributed by atoms with Crippen molar-refractivity contribution in [1.29, 1.82) is 0 Å². The number of aliphatic hydroxyl groups excluding tert-OH is 1. The van der Waals surface area contributed by atoms with Crippen LogP contribution >= 0.6 is 7.94 Å². The molecule has 3 atom stereocenters. The molecule has 1 fully saturated rings. The summed E-state index contributed by atoms with van der Waals surface area (Å²) in [5.74, 6) is -3.64. The van der Waals surface area contributed by atoms with E-state index in [4.69, 9.17) is 19.9 Å². The Balaban J connectivity index is 1.30. The average molecular weight is 695 g/mol. The number of carbonyl (C=O) groups is 4. The summed E-state index contributed by atoms with van der Waals surface area (Å²) in [6, 6.07) is 7.90. The minimum atomic E-state index is -4.01. The third-order valence-electron chi connectivity index (χ3n) is 7.69. The Kier molecular flexibility index (Phi) is 11.8. The molecule has 6 N–H and O–H groups in total. The molecule has 0 aliphatic carbocycles. The third kappa shape index (κ3) is 9.11. The molecule has 2 amide bonds. The predicted molar refractivity (Wildman–Crippen MR) is 167 cm³/mol. The molecule has 0 radical (unpaired) electrons. The van der Waals surface area contributed by atoms with Crippen LogP contribution in [0.3, 0.4) is 0 Å². The Hall–Kier alpha value is -4.47. The number of aliphatic hydroxyl groups is 1. The van der Waals surface area contributed by atoms with E-state index in [1.54, 1.807) is 12.1 Å². The first kappa shape index (κ1) is 36.4. The smallest absolute Gasteiger partial charge is 0.414 e. The average Bonchev–Trinajstić information content (AvgIpc) is 3.42. The van der Waals surface area contributed by atoms with Crippen LogP contribution in [0.4, 0.5) is 19.3 Å². The van der Waals surface area contributed by atoms with E-state index in [0.29, 0.717) is 11.8 Å². The summed E-state index contributed by atoms with van der Waals surface area (Å²) >= 11 is 0. The highest BCUT2D eigenvalue weighted by atomic mass is 31.2. The Labute approximate surface area is 274 Å². The van der Waals surface area contributed by atoms with Gasteiger partial charge in [-0.3, -0.25) is 14.5 Å². The number of carbonyl (C=O) groups excluding carboxylic acids is 4. The highest BCUT2D eigenvalue weighted by Gasteiger charge is 2.39. The molecule has 2 aromatic rings. The van der Waals surface area contributed by atoms with Gasteiger partial charge in [-0.2, -0.15) is 14.7 Å². The second-order valence-corrected chi connectivity index (χ2v) is 13.3. The van der Waals surface area contributed by atoms with Crippen molar-refractivity contribution in [3.8, 4) is 0 Å². The molecule has 48 heavy (non-hydrogen) atoms. The minimum absolute atomic E-state index is 0.0110. The summed E-state index contributed by atoms with van der Waals surface area (Å²) in [5.41, 5.74) is 5.28. The molecular formula is C31H35F2N3O11P+. The zero-order chi connectivity index (χ0) is 35.2. The van der Waals surface area contributed by atoms with Gasteiger partial charge in [0, 0.05) is 31.1 Å². The highest BCUT2D eigenvalue weighted by Crippen LogP contribution is 2.51. The molecule has 4 rings (SSSR count). The van der Waals surface area contributed by atoms with Gasteiger partial charge >= 0.3 is 20.0 Å². The topological polar surface area (TPSA) is 209 Å². The number of rotatable bonds is 13. The number of nitrogens with two attached hydrogens (primary N) is 1. The van der Waals surface area contributed by atoms with Crippen LogP contribution in [0.25, 0.3) is 5.57 Å². The number of ether oxygens (including phenoxy) is 3. The molecule has 1 saturated heterocycles. The third-order valence-corrected chi connectivity index (χ3v) is 9.06. The number of hydrogen-bond donors (Lipinski definition) is 5. The van der Waals surface area contributed by atoms with Crippen LogP contribution in [0.1, 0.15) is 34.8 Å². The fraction of sp³-hybridized carbons (Fsp3) is 0.355. The van der Waals surface area contributed by atoms with Gasteiger partial charge in [-0.15, -0.1) is 0 Å². The summed E-state index contributed by atoms with van der Waals surface area (Å²) < 4.78 is 45.7. The number of allylic oxidation sites excluding steroid dienone is 1. The number of esters is 1. The van der Waals surface area contributed by atoms with Crippen molar-refractivity contribution in [1.82, 2.24) is 4.90 Å². The zero-order valence-corrected chi connectivity index (χ0v) is 26.6. The fourth-order valence-corrected chi connectivity index (χ4v) is 5.46. The van der Waals surface area contributed by atoms with Crippen molar-refractivity contribution in [2.45, 2.75) is 37.6 Å². The number of nitrogens with zero attached hydrogens (tertiary/aromatic N) is 2. The van der Waals surface area contributed by atoms with Crippen molar-refractivity contribution >= 4 is 43.5 Å². The van der Waals surface area contributed by atoms with Crippen LogP contribution in [0.5, 0.6) is 0 Å². The first-order valence-electron chi connectivity index (χ1n) is 14.7. The first-order chi connectivity index (χ1) is 22.7. The SMILES string of the molecule is CC(Cc1ccc(C(=O)OC[C@H](O)C(=O)N2CC=C(c3c(F)cc(N4C[C@H](COC(N)=CC=O)OC4=O)cc3F)CC2)cc1)[P+](O)(O)O. The normalized spacial score (nSPS) is 18.1. The summed E-state index contributed by atoms with van der Waals surface area (Å²) in [7, 11) is -4.01. The minimum Gasteiger partial charge on any atom is -0.475 e. The van der Waals surface area contributed by atoms with Gasteiger partial charge in [-0.1, -0.05) is 18.2 Å². The quantitative estimate of drug-likeness (QED) is 0.0669. The number of amides is 2. The van der Waals surface area contributed by atoms with Crippen LogP contribution in [-0.4, -0.2) is 99.7 Å². The number of hydrogen-bond acceptors (Lipinski definition) is 12. The zero-order valence-electron chi connectivity index (χ0n) is 25.7. The standard InChI is InChI=1S/C31H34F2N3O11P/c1-18(48(42,43)44)12-19-2-4-21(5-3-19)30(40)46-17-26(38)29(39)35-9-6-20(7-10-35)28-24(32)13-22(14-25(28)33)36-15-23(47-31(36)41)16-45-27(34)8-11-37/h2-6,8,11,13-14,18,23,26,38,42-44H,7,9-10,12,15-17H2,1H3,(H-,34,37)/p+1/t18?,23-,26+/m1/s1. The van der Waals surface area contributed by atoms with E-state index in [1.165, 1.54) is 30.0 Å². The molecule has 2 heterocycles. The summed E-state index contributed by atoms with van der Waals surface area (Å²) in [4.78, 5) is 78.3. The Bertz CT molecular complexity index is 1570. The van der Waals surface area contributed by atoms with Gasteiger partial charge < -0.3 is 30.0 Å². The lowest BCUT2D eigenvalue weighted by Crippen LogP contribution is -2.43. The molecular weight excluding hydrogens is 659 g/mol. The predicted octanol–water partition coefficient (Wildman–Crippen LogP) is 1.81. The van der Waals surface area contributed by atoms with Crippen molar-refractivity contribution in [3.05, 3.63) is 82.8 Å². The van der Waals surface area contributed by atoms with Gasteiger partial charge in [0.1, 0.15) is 31.1 Å². The monoisotopic (exact) mass is 694 g/mol. The molecule has 0 aromatic heterocycles. The molecule has 2 aromatic carbocycles. The van der Waals surface area contributed by atoms with Crippen LogP contribution < -0.4 is 10.6 Å². The first-order valence-corrected chi connectivity index (χ1v) is 16.4. The van der Waals surface area contributed by atoms with Crippen LogP contribution in [0, 0.1) is 11.6 Å². The van der Waals surface area contributed by atoms with E-state index >= 15 is 8.78 Å². The van der Waals surface area contributed by atoms with E-state index in [-0.39, 0.29) is 67.4 Å². The maximum atomic E-state index is 15.2. The number of cyclic esters (lactones) is 1. The number of halogens is 2. The van der Waals surface area contributed by atoms with Crippen LogP contribution in [-0.2, 0) is 30.2 Å². The maximum Gasteiger partial charge on any atom is 0.414 e. The van der Waals surface area contributed by atoms with E-state index in [2.05, 4.69) is 0 Å². The lowest BCUT2D eigenvalue weighted by molar-refractivity contribution is -0.141. The molecule has 14 nitrogen and oxygen atoms in total. The largest absolute Gasteiger partial charge is 0.475 e. The fourth-order valence-electron chi connectivity index (χ4n) is 5.00. The van der Waals surface area contributed by atoms with E-state index < -0.39 is 62.0 Å². The van der Waals surface area contributed by atoms with Gasteiger partial charge in [-0.05, 0) is 48.7 Å². The maximum absolute atomic E-state index is 15.2. The lowest BCUT2D eigenvalue weighted by Gasteiger charge is -2.28. The molecule has 1 unspecified atom stereocenters. The van der Waals surface area contributed by atoms with Gasteiger partial charge in [-0.25, -0.2) is 18.4 Å². The Morgan fingerprint density at radius 1 is 1.15 bits per heavy atom. The number of aldehydes is 1. The van der Waals surface area contributed by atoms with Crippen LogP contribution in [0.15, 0.2) is 54.4 Å². The van der Waals surface area contributed by atoms with E-state index in [1.807, 2.05) is 0 Å². The van der Waals surface area contributed by atoms with Gasteiger partial charge in [0.05, 0.1) is 17.8 Å². The van der Waals surface area contributed by atoms with Crippen molar-refractivity contribution in [3.63, 3.8) is 0 Å². The van der Waals surface area contributed by atoms with E-state index in [9.17, 15) is 39.0 Å². The second-order valence-electron chi connectivity index (χ2n) is 11.2. The van der Waals surface area contributed by atoms with Gasteiger partial charge in [0.25, 0.3) is 5.91 Å². The van der Waals surface area contributed by atoms with Crippen LogP contribution in [0.2, 0.25) is 0 Å². The number of benzene rings is 2. The molecule has 2 aliphatic rings. The second kappa shape index (κ2) is 15.6. The van der Waals surface area contributed by atoms with Gasteiger partial charge in [0.15, 0.2) is 23.8 Å². The lowest BCUT2D eigenvalue weighted by atomic mass is 9.97. The molecule has 258 valence electrons. The summed E-state index contributed by atoms with van der Waals surface area (Å²) in [6.45, 7) is 0.494. The molecule has 0 saturated carbocycles. The molecule has 17 heteroatoms. The molecule has 2 aliphatic heterocycles.